The van der Waals surface area contributed by atoms with Crippen LogP contribution in [0.3, 0.4) is 0 Å². The zero-order valence-electron chi connectivity index (χ0n) is 10.0. The molecule has 0 amide bonds. The van der Waals surface area contributed by atoms with E-state index in [2.05, 4.69) is 6.92 Å². The van der Waals surface area contributed by atoms with Crippen molar-refractivity contribution in [2.24, 2.45) is 0 Å². The number of rotatable bonds is 5. The van der Waals surface area contributed by atoms with Gasteiger partial charge in [-0.25, -0.2) is 0 Å². The number of aliphatic hydroxyl groups excluding tert-OH is 1. The van der Waals surface area contributed by atoms with Crippen LogP contribution in [0.2, 0.25) is 0 Å². The van der Waals surface area contributed by atoms with E-state index in [9.17, 15) is 10.2 Å². The highest BCUT2D eigenvalue weighted by molar-refractivity contribution is 5.58. The van der Waals surface area contributed by atoms with Crippen LogP contribution in [0.1, 0.15) is 50.3 Å². The molecule has 0 heterocycles. The molecule has 0 bridgehead atoms. The van der Waals surface area contributed by atoms with Crippen molar-refractivity contribution >= 4 is 5.69 Å². The highest BCUT2D eigenvalue weighted by atomic mass is 16.3. The van der Waals surface area contributed by atoms with Crippen LogP contribution in [-0.4, -0.2) is 10.2 Å². The molecule has 4 N–H and O–H groups in total. The summed E-state index contributed by atoms with van der Waals surface area (Å²) < 4.78 is 0. The molecular formula is C13H21NO2. The molecule has 0 aliphatic heterocycles. The van der Waals surface area contributed by atoms with Crippen molar-refractivity contribution in [2.75, 3.05) is 5.73 Å². The van der Waals surface area contributed by atoms with Crippen LogP contribution in [0.15, 0.2) is 12.1 Å². The highest BCUT2D eigenvalue weighted by Gasteiger charge is 2.14. The summed E-state index contributed by atoms with van der Waals surface area (Å²) in [6, 6.07) is 3.59. The number of aromatic hydroxyl groups is 1. The van der Waals surface area contributed by atoms with Gasteiger partial charge in [0.05, 0.1) is 11.8 Å². The van der Waals surface area contributed by atoms with E-state index in [1.54, 1.807) is 6.07 Å². The van der Waals surface area contributed by atoms with Crippen molar-refractivity contribution in [1.29, 1.82) is 0 Å². The summed E-state index contributed by atoms with van der Waals surface area (Å²) in [4.78, 5) is 0. The van der Waals surface area contributed by atoms with Crippen LogP contribution in [-0.2, 0) is 6.42 Å². The van der Waals surface area contributed by atoms with E-state index in [1.807, 2.05) is 13.0 Å². The van der Waals surface area contributed by atoms with Gasteiger partial charge in [0.2, 0.25) is 0 Å². The number of aryl methyl sites for hydroxylation is 1. The predicted octanol–water partition coefficient (Wildman–Crippen LogP) is 2.76. The summed E-state index contributed by atoms with van der Waals surface area (Å²) >= 11 is 0. The lowest BCUT2D eigenvalue weighted by Gasteiger charge is -2.15. The van der Waals surface area contributed by atoms with Crippen LogP contribution in [0.5, 0.6) is 5.75 Å². The third kappa shape index (κ3) is 2.89. The molecule has 1 unspecified atom stereocenters. The molecule has 1 aromatic carbocycles. The first-order valence-electron chi connectivity index (χ1n) is 5.89. The number of hydrogen-bond donors (Lipinski definition) is 3. The zero-order chi connectivity index (χ0) is 12.1. The Balaban J connectivity index is 2.97. The number of hydrogen-bond acceptors (Lipinski definition) is 3. The molecule has 0 fully saturated rings. The Morgan fingerprint density at radius 3 is 2.56 bits per heavy atom. The Labute approximate surface area is 96.9 Å². The third-order valence-corrected chi connectivity index (χ3v) is 2.83. The van der Waals surface area contributed by atoms with Crippen molar-refractivity contribution in [2.45, 2.75) is 45.6 Å². The molecular weight excluding hydrogens is 202 g/mol. The molecule has 16 heavy (non-hydrogen) atoms. The molecule has 1 aromatic rings. The van der Waals surface area contributed by atoms with Crippen LogP contribution in [0, 0.1) is 0 Å². The lowest BCUT2D eigenvalue weighted by Crippen LogP contribution is -2.01. The maximum atomic E-state index is 9.96. The van der Waals surface area contributed by atoms with Gasteiger partial charge in [-0.15, -0.1) is 0 Å². The zero-order valence-corrected chi connectivity index (χ0v) is 10.0. The Morgan fingerprint density at radius 2 is 2.00 bits per heavy atom. The Kier molecular flexibility index (Phi) is 4.62. The molecule has 3 heteroatoms. The molecule has 0 aliphatic carbocycles. The minimum atomic E-state index is -0.617. The van der Waals surface area contributed by atoms with Crippen molar-refractivity contribution < 1.29 is 10.2 Å². The van der Waals surface area contributed by atoms with E-state index in [-0.39, 0.29) is 5.75 Å². The summed E-state index contributed by atoms with van der Waals surface area (Å²) in [5.74, 6) is 0.0285. The predicted molar refractivity (Wildman–Crippen MR) is 66.4 cm³/mol. The highest BCUT2D eigenvalue weighted by Crippen LogP contribution is 2.33. The third-order valence-electron chi connectivity index (χ3n) is 2.83. The largest absolute Gasteiger partial charge is 0.505 e. The number of phenols is 1. The van der Waals surface area contributed by atoms with E-state index in [4.69, 9.17) is 5.73 Å². The van der Waals surface area contributed by atoms with Gasteiger partial charge in [-0.05, 0) is 30.5 Å². The first kappa shape index (κ1) is 12.8. The summed E-state index contributed by atoms with van der Waals surface area (Å²) in [7, 11) is 0. The molecule has 0 saturated heterocycles. The standard InChI is InChI=1S/C13H21NO2/c1-3-5-6-12(15)10-7-9(4-2)8-11(14)13(10)16/h7-8,12,15-16H,3-6,14H2,1-2H3. The van der Waals surface area contributed by atoms with Gasteiger partial charge in [0, 0.05) is 5.56 Å². The number of unbranched alkanes of at least 4 members (excludes halogenated alkanes) is 1. The van der Waals surface area contributed by atoms with E-state index in [1.165, 1.54) is 0 Å². The fourth-order valence-electron chi connectivity index (χ4n) is 1.76. The van der Waals surface area contributed by atoms with Gasteiger partial charge in [0.15, 0.2) is 0 Å². The molecule has 0 spiro atoms. The van der Waals surface area contributed by atoms with Crippen LogP contribution >= 0.6 is 0 Å². The fourth-order valence-corrected chi connectivity index (χ4v) is 1.76. The SMILES string of the molecule is CCCCC(O)c1cc(CC)cc(N)c1O. The smallest absolute Gasteiger partial charge is 0.144 e. The quantitative estimate of drug-likeness (QED) is 0.531. The summed E-state index contributed by atoms with van der Waals surface area (Å²) in [6.45, 7) is 4.09. The van der Waals surface area contributed by atoms with E-state index in [0.717, 1.165) is 24.8 Å². The average molecular weight is 223 g/mol. The van der Waals surface area contributed by atoms with Gasteiger partial charge in [-0.3, -0.25) is 0 Å². The van der Waals surface area contributed by atoms with Gasteiger partial charge in [-0.2, -0.15) is 0 Å². The van der Waals surface area contributed by atoms with Gasteiger partial charge < -0.3 is 15.9 Å². The molecule has 1 rings (SSSR count). The van der Waals surface area contributed by atoms with Crippen molar-refractivity contribution in [1.82, 2.24) is 0 Å². The molecule has 3 nitrogen and oxygen atoms in total. The van der Waals surface area contributed by atoms with Crippen molar-refractivity contribution in [3.05, 3.63) is 23.3 Å². The van der Waals surface area contributed by atoms with Gasteiger partial charge in [0.1, 0.15) is 5.75 Å². The van der Waals surface area contributed by atoms with E-state index < -0.39 is 6.10 Å². The van der Waals surface area contributed by atoms with Gasteiger partial charge >= 0.3 is 0 Å². The first-order valence-corrected chi connectivity index (χ1v) is 5.89. The molecule has 0 aliphatic rings. The fraction of sp³-hybridized carbons (Fsp3) is 0.538. The molecule has 0 saturated carbocycles. The van der Waals surface area contributed by atoms with E-state index in [0.29, 0.717) is 17.7 Å². The van der Waals surface area contributed by atoms with Gasteiger partial charge in [0.25, 0.3) is 0 Å². The molecule has 90 valence electrons. The lowest BCUT2D eigenvalue weighted by atomic mass is 9.98. The molecule has 0 radical (unpaired) electrons. The Bertz CT molecular complexity index is 350. The monoisotopic (exact) mass is 223 g/mol. The lowest BCUT2D eigenvalue weighted by molar-refractivity contribution is 0.160. The van der Waals surface area contributed by atoms with Crippen LogP contribution < -0.4 is 5.73 Å². The number of anilines is 1. The second-order valence-corrected chi connectivity index (χ2v) is 4.13. The van der Waals surface area contributed by atoms with Gasteiger partial charge in [-0.1, -0.05) is 26.7 Å². The second-order valence-electron chi connectivity index (χ2n) is 4.13. The average Bonchev–Trinajstić information content (AvgIpc) is 2.29. The minimum absolute atomic E-state index is 0.0285. The number of aliphatic hydroxyl groups is 1. The minimum Gasteiger partial charge on any atom is -0.505 e. The topological polar surface area (TPSA) is 66.5 Å². The van der Waals surface area contributed by atoms with Crippen molar-refractivity contribution in [3.63, 3.8) is 0 Å². The second kappa shape index (κ2) is 5.75. The first-order chi connectivity index (χ1) is 7.60. The van der Waals surface area contributed by atoms with Crippen LogP contribution in [0.25, 0.3) is 0 Å². The van der Waals surface area contributed by atoms with Crippen molar-refractivity contribution in [3.8, 4) is 5.75 Å². The summed E-state index contributed by atoms with van der Waals surface area (Å²) in [5, 5.41) is 19.8. The van der Waals surface area contributed by atoms with Crippen LogP contribution in [0.4, 0.5) is 5.69 Å². The number of phenolic OH excluding ortho intramolecular Hbond substituents is 1. The maximum absolute atomic E-state index is 9.96. The number of benzene rings is 1. The number of nitrogen functional groups attached to an aromatic ring is 1. The maximum Gasteiger partial charge on any atom is 0.144 e. The Morgan fingerprint density at radius 1 is 1.31 bits per heavy atom. The van der Waals surface area contributed by atoms with E-state index >= 15 is 0 Å². The molecule has 0 aromatic heterocycles. The Hall–Kier alpha value is -1.22. The molecule has 1 atom stereocenters. The summed E-state index contributed by atoms with van der Waals surface area (Å²) in [6.07, 6.45) is 2.86. The normalized spacial score (nSPS) is 12.7. The summed E-state index contributed by atoms with van der Waals surface area (Å²) in [5.41, 5.74) is 7.66. The number of nitrogens with two attached hydrogens (primary N) is 1.